The van der Waals surface area contributed by atoms with E-state index in [-0.39, 0.29) is 13.2 Å². The van der Waals surface area contributed by atoms with Gasteiger partial charge in [-0.2, -0.15) is 18.4 Å². The molecule has 0 radical (unpaired) electrons. The minimum absolute atomic E-state index is 0.0290. The fraction of sp³-hybridized carbons (Fsp3) is 0.409. The van der Waals surface area contributed by atoms with Gasteiger partial charge in [-0.25, -0.2) is 0 Å². The number of ether oxygens (including phenoxy) is 2. The van der Waals surface area contributed by atoms with Gasteiger partial charge < -0.3 is 14.4 Å². The number of benzene rings is 2. The van der Waals surface area contributed by atoms with Crippen LogP contribution in [0.5, 0.6) is 0 Å². The first-order valence-corrected chi connectivity index (χ1v) is 10.2. The Bertz CT molecular complexity index is 956. The van der Waals surface area contributed by atoms with E-state index in [0.717, 1.165) is 29.8 Å². The largest absolute Gasteiger partial charge is 0.416 e. The van der Waals surface area contributed by atoms with E-state index in [1.54, 1.807) is 12.1 Å². The molecule has 0 bridgehead atoms. The Labute approximate surface area is 182 Å². The van der Waals surface area contributed by atoms with E-state index in [1.807, 2.05) is 31.1 Å². The normalized spacial score (nSPS) is 18.5. The Hall–Kier alpha value is -1.92. The van der Waals surface area contributed by atoms with Crippen molar-refractivity contribution < 1.29 is 22.6 Å². The summed E-state index contributed by atoms with van der Waals surface area (Å²) in [6.45, 7) is 1.35. The van der Waals surface area contributed by atoms with E-state index < -0.39 is 17.3 Å². The summed E-state index contributed by atoms with van der Waals surface area (Å²) in [5.74, 6) is 0. The minimum atomic E-state index is -4.42. The Kier molecular flexibility index (Phi) is 6.88. The highest BCUT2D eigenvalue weighted by Gasteiger charge is 2.40. The summed E-state index contributed by atoms with van der Waals surface area (Å²) in [4.78, 5) is 2.04. The molecule has 0 aromatic heterocycles. The SMILES string of the molecule is CN(C)CCC1(COCc2cc(Br)cc(C(F)(F)F)c2)OCc2cc(C#N)ccc21. The first-order chi connectivity index (χ1) is 14.1. The van der Waals surface area contributed by atoms with Crippen molar-refractivity contribution in [2.45, 2.75) is 31.4 Å². The fourth-order valence-corrected chi connectivity index (χ4v) is 4.10. The van der Waals surface area contributed by atoms with Crippen molar-refractivity contribution in [3.63, 3.8) is 0 Å². The van der Waals surface area contributed by atoms with E-state index in [0.29, 0.717) is 28.6 Å². The van der Waals surface area contributed by atoms with Crippen LogP contribution < -0.4 is 0 Å². The third kappa shape index (κ3) is 5.22. The number of fused-ring (bicyclic) bond motifs is 1. The van der Waals surface area contributed by atoms with E-state index in [1.165, 1.54) is 0 Å². The minimum Gasteiger partial charge on any atom is -0.373 e. The number of hydrogen-bond donors (Lipinski definition) is 0. The lowest BCUT2D eigenvalue weighted by Crippen LogP contribution is -2.35. The summed E-state index contributed by atoms with van der Waals surface area (Å²) < 4.78 is 51.6. The second-order valence-electron chi connectivity index (χ2n) is 7.66. The average molecular weight is 483 g/mol. The van der Waals surface area contributed by atoms with Crippen molar-refractivity contribution in [1.29, 1.82) is 5.26 Å². The number of rotatable bonds is 7. The predicted molar refractivity (Wildman–Crippen MR) is 110 cm³/mol. The Morgan fingerprint density at radius 3 is 2.67 bits per heavy atom. The lowest BCUT2D eigenvalue weighted by Gasteiger charge is -2.31. The maximum Gasteiger partial charge on any atom is 0.416 e. The summed E-state index contributed by atoms with van der Waals surface area (Å²) in [7, 11) is 3.92. The molecule has 0 fully saturated rings. The lowest BCUT2D eigenvalue weighted by molar-refractivity contribution is -0.137. The highest BCUT2D eigenvalue weighted by Crippen LogP contribution is 2.40. The fourth-order valence-electron chi connectivity index (χ4n) is 3.55. The van der Waals surface area contributed by atoms with Gasteiger partial charge in [0.1, 0.15) is 5.60 Å². The van der Waals surface area contributed by atoms with Gasteiger partial charge in [0, 0.05) is 11.0 Å². The Balaban J connectivity index is 1.79. The highest BCUT2D eigenvalue weighted by molar-refractivity contribution is 9.10. The van der Waals surface area contributed by atoms with Gasteiger partial charge in [-0.1, -0.05) is 22.0 Å². The van der Waals surface area contributed by atoms with Crippen LogP contribution in [0.25, 0.3) is 0 Å². The molecular formula is C22H22BrF3N2O2. The van der Waals surface area contributed by atoms with Crippen LogP contribution in [0.4, 0.5) is 13.2 Å². The first-order valence-electron chi connectivity index (χ1n) is 9.39. The van der Waals surface area contributed by atoms with E-state index >= 15 is 0 Å². The van der Waals surface area contributed by atoms with E-state index in [9.17, 15) is 13.2 Å². The molecular weight excluding hydrogens is 461 g/mol. The number of nitriles is 1. The molecule has 30 heavy (non-hydrogen) atoms. The topological polar surface area (TPSA) is 45.5 Å². The number of alkyl halides is 3. The van der Waals surface area contributed by atoms with Gasteiger partial charge in [0.2, 0.25) is 0 Å². The smallest absolute Gasteiger partial charge is 0.373 e. The van der Waals surface area contributed by atoms with Crippen molar-refractivity contribution in [3.8, 4) is 6.07 Å². The van der Waals surface area contributed by atoms with Crippen molar-refractivity contribution in [3.05, 3.63) is 68.7 Å². The van der Waals surface area contributed by atoms with Crippen LogP contribution >= 0.6 is 15.9 Å². The van der Waals surface area contributed by atoms with Gasteiger partial charge >= 0.3 is 6.18 Å². The van der Waals surface area contributed by atoms with E-state index in [4.69, 9.17) is 14.7 Å². The van der Waals surface area contributed by atoms with Crippen LogP contribution in [0.1, 0.15) is 34.2 Å². The van der Waals surface area contributed by atoms with Crippen LogP contribution in [0.15, 0.2) is 40.9 Å². The molecule has 0 saturated carbocycles. The quantitative estimate of drug-likeness (QED) is 0.541. The number of halogens is 4. The van der Waals surface area contributed by atoms with Gasteiger partial charge in [-0.05, 0) is 67.5 Å². The van der Waals surface area contributed by atoms with Gasteiger partial charge in [0.25, 0.3) is 0 Å². The Morgan fingerprint density at radius 1 is 1.23 bits per heavy atom. The van der Waals surface area contributed by atoms with Crippen LogP contribution in [0.2, 0.25) is 0 Å². The van der Waals surface area contributed by atoms with E-state index in [2.05, 4.69) is 22.0 Å². The maximum absolute atomic E-state index is 13.1. The molecule has 1 unspecified atom stereocenters. The monoisotopic (exact) mass is 482 g/mol. The molecule has 3 rings (SSSR count). The lowest BCUT2D eigenvalue weighted by atomic mass is 9.89. The molecule has 0 aliphatic carbocycles. The molecule has 1 aliphatic rings. The summed E-state index contributed by atoms with van der Waals surface area (Å²) in [6, 6.07) is 11.3. The molecule has 0 spiro atoms. The second kappa shape index (κ2) is 9.06. The molecule has 1 heterocycles. The molecule has 1 aliphatic heterocycles. The average Bonchev–Trinajstić information content (AvgIpc) is 3.03. The van der Waals surface area contributed by atoms with Gasteiger partial charge in [-0.15, -0.1) is 0 Å². The first kappa shape index (κ1) is 22.8. The van der Waals surface area contributed by atoms with Gasteiger partial charge in [0.05, 0.1) is 37.0 Å². The van der Waals surface area contributed by atoms with Crippen molar-refractivity contribution in [1.82, 2.24) is 4.90 Å². The number of hydrogen-bond acceptors (Lipinski definition) is 4. The zero-order chi connectivity index (χ0) is 21.9. The molecule has 160 valence electrons. The van der Waals surface area contributed by atoms with Crippen LogP contribution in [0.3, 0.4) is 0 Å². The molecule has 1 atom stereocenters. The number of nitrogens with zero attached hydrogens (tertiary/aromatic N) is 2. The predicted octanol–water partition coefficient (Wildman–Crippen LogP) is 5.23. The van der Waals surface area contributed by atoms with Crippen molar-refractivity contribution in [2.75, 3.05) is 27.2 Å². The molecule has 0 saturated heterocycles. The van der Waals surface area contributed by atoms with Crippen molar-refractivity contribution >= 4 is 15.9 Å². The third-order valence-electron chi connectivity index (χ3n) is 5.08. The molecule has 2 aromatic carbocycles. The zero-order valence-electron chi connectivity index (χ0n) is 16.7. The summed E-state index contributed by atoms with van der Waals surface area (Å²) in [5.41, 5.74) is 1.48. The van der Waals surface area contributed by atoms with Crippen LogP contribution in [-0.4, -0.2) is 32.1 Å². The van der Waals surface area contributed by atoms with Gasteiger partial charge in [-0.3, -0.25) is 0 Å². The van der Waals surface area contributed by atoms with Crippen LogP contribution in [-0.2, 0) is 34.5 Å². The summed E-state index contributed by atoms with van der Waals surface area (Å²) in [6.07, 6.45) is -3.76. The Morgan fingerprint density at radius 2 is 2.00 bits per heavy atom. The summed E-state index contributed by atoms with van der Waals surface area (Å²) in [5, 5.41) is 9.14. The van der Waals surface area contributed by atoms with Gasteiger partial charge in [0.15, 0.2) is 0 Å². The highest BCUT2D eigenvalue weighted by atomic mass is 79.9. The maximum atomic E-state index is 13.1. The zero-order valence-corrected chi connectivity index (χ0v) is 18.3. The molecule has 0 amide bonds. The molecule has 4 nitrogen and oxygen atoms in total. The summed E-state index contributed by atoms with van der Waals surface area (Å²) >= 11 is 3.14. The van der Waals surface area contributed by atoms with Crippen LogP contribution in [0, 0.1) is 11.3 Å². The molecule has 0 N–H and O–H groups in total. The van der Waals surface area contributed by atoms with Crippen molar-refractivity contribution in [2.24, 2.45) is 0 Å². The second-order valence-corrected chi connectivity index (χ2v) is 8.57. The molecule has 8 heteroatoms. The molecule has 2 aromatic rings. The third-order valence-corrected chi connectivity index (χ3v) is 5.54. The standard InChI is InChI=1S/C22H22BrF3N2O2/c1-28(2)6-5-21(20-4-3-15(11-27)7-17(20)13-30-21)14-29-12-16-8-18(22(24,25)26)10-19(23)9-16/h3-4,7-10H,5-6,12-14H2,1-2H3.